The van der Waals surface area contributed by atoms with Gasteiger partial charge in [-0.2, -0.15) is 0 Å². The van der Waals surface area contributed by atoms with E-state index in [1.54, 1.807) is 4.90 Å². The molecule has 1 atom stereocenters. The molecule has 0 spiro atoms. The molecule has 0 bridgehead atoms. The first-order valence-electron chi connectivity index (χ1n) is 9.92. The fourth-order valence-electron chi connectivity index (χ4n) is 3.45. The average molecular weight is 379 g/mol. The summed E-state index contributed by atoms with van der Waals surface area (Å²) in [5.74, 6) is 0.731. The minimum Gasteiger partial charge on any atom is -0.376 e. The molecule has 1 aromatic heterocycles. The monoisotopic (exact) mass is 379 g/mol. The third-order valence-corrected chi connectivity index (χ3v) is 5.18. The van der Waals surface area contributed by atoms with Gasteiger partial charge in [-0.15, -0.1) is 0 Å². The van der Waals surface area contributed by atoms with E-state index in [4.69, 9.17) is 4.74 Å². The largest absolute Gasteiger partial charge is 0.376 e. The highest BCUT2D eigenvalue weighted by atomic mass is 16.5. The number of carbonyl (C=O) groups is 1. The highest BCUT2D eigenvalue weighted by Crippen LogP contribution is 2.37. The van der Waals surface area contributed by atoms with Crippen LogP contribution in [-0.4, -0.2) is 46.6 Å². The number of amides is 1. The van der Waals surface area contributed by atoms with Crippen LogP contribution in [0.15, 0.2) is 47.4 Å². The van der Waals surface area contributed by atoms with Gasteiger partial charge in [0.15, 0.2) is 0 Å². The predicted molar refractivity (Wildman–Crippen MR) is 107 cm³/mol. The molecule has 1 aromatic carbocycles. The Morgan fingerprint density at radius 1 is 1.25 bits per heavy atom. The Hall–Kier alpha value is -2.73. The fourth-order valence-corrected chi connectivity index (χ4v) is 3.45. The first-order chi connectivity index (χ1) is 13.7. The van der Waals surface area contributed by atoms with Crippen molar-refractivity contribution in [1.29, 1.82) is 0 Å². The zero-order chi connectivity index (χ0) is 19.3. The van der Waals surface area contributed by atoms with E-state index in [-0.39, 0.29) is 23.1 Å². The maximum Gasteiger partial charge on any atom is 0.263 e. The lowest BCUT2D eigenvalue weighted by atomic mass is 10.2. The normalized spacial score (nSPS) is 19.2. The number of rotatable bonds is 7. The molecule has 1 saturated heterocycles. The van der Waals surface area contributed by atoms with Crippen molar-refractivity contribution in [3.63, 3.8) is 0 Å². The molecule has 2 fully saturated rings. The summed E-state index contributed by atoms with van der Waals surface area (Å²) in [5.41, 5.74) is 0.808. The smallest absolute Gasteiger partial charge is 0.263 e. The standard InChI is InChI=1S/C22H25N3O3/c26-21-19(14-23-20(24-21)17-10-11-17)22(27)25(15-18-9-5-13-28-18)12-4-8-16-6-2-1-3-7-16/h1-4,6-8,14,17-18H,5,9-13,15H2,(H,23,24,26)/b8-4+/t18-/m1/s1. The maximum absolute atomic E-state index is 13.1. The molecule has 2 aromatic rings. The summed E-state index contributed by atoms with van der Waals surface area (Å²) in [6.45, 7) is 1.62. The average Bonchev–Trinajstić information content (AvgIpc) is 3.44. The van der Waals surface area contributed by atoms with E-state index in [0.29, 0.717) is 24.8 Å². The summed E-state index contributed by atoms with van der Waals surface area (Å²) in [6.07, 6.45) is 9.41. The lowest BCUT2D eigenvalue weighted by molar-refractivity contribution is 0.0552. The lowest BCUT2D eigenvalue weighted by Crippen LogP contribution is -2.40. The number of hydrogen-bond acceptors (Lipinski definition) is 4. The van der Waals surface area contributed by atoms with Gasteiger partial charge in [0.05, 0.1) is 6.10 Å². The molecule has 146 valence electrons. The Bertz CT molecular complexity index is 897. The van der Waals surface area contributed by atoms with Crippen molar-refractivity contribution in [3.05, 3.63) is 69.9 Å². The van der Waals surface area contributed by atoms with Crippen LogP contribution in [-0.2, 0) is 4.74 Å². The van der Waals surface area contributed by atoms with Gasteiger partial charge in [-0.3, -0.25) is 9.59 Å². The minimum absolute atomic E-state index is 0.0202. The van der Waals surface area contributed by atoms with Crippen LogP contribution in [0.5, 0.6) is 0 Å². The molecule has 28 heavy (non-hydrogen) atoms. The van der Waals surface area contributed by atoms with E-state index in [0.717, 1.165) is 37.9 Å². The van der Waals surface area contributed by atoms with Gasteiger partial charge in [0.25, 0.3) is 11.5 Å². The third-order valence-electron chi connectivity index (χ3n) is 5.18. The van der Waals surface area contributed by atoms with Gasteiger partial charge in [0.2, 0.25) is 0 Å². The first kappa shape index (κ1) is 18.6. The number of H-pyrrole nitrogens is 1. The van der Waals surface area contributed by atoms with Crippen LogP contribution >= 0.6 is 0 Å². The number of ether oxygens (including phenoxy) is 1. The van der Waals surface area contributed by atoms with Crippen molar-refractivity contribution in [1.82, 2.24) is 14.9 Å². The molecule has 6 nitrogen and oxygen atoms in total. The first-order valence-corrected chi connectivity index (χ1v) is 9.92. The van der Waals surface area contributed by atoms with Crippen molar-refractivity contribution in [2.24, 2.45) is 0 Å². The zero-order valence-electron chi connectivity index (χ0n) is 15.8. The Morgan fingerprint density at radius 2 is 2.07 bits per heavy atom. The van der Waals surface area contributed by atoms with E-state index >= 15 is 0 Å². The van der Waals surface area contributed by atoms with E-state index < -0.39 is 0 Å². The van der Waals surface area contributed by atoms with E-state index in [1.807, 2.05) is 42.5 Å². The Balaban J connectivity index is 1.50. The van der Waals surface area contributed by atoms with Gasteiger partial charge in [0.1, 0.15) is 11.4 Å². The molecule has 1 amide bonds. The molecule has 2 aliphatic rings. The summed E-state index contributed by atoms with van der Waals surface area (Å²) in [7, 11) is 0. The summed E-state index contributed by atoms with van der Waals surface area (Å²) < 4.78 is 5.70. The van der Waals surface area contributed by atoms with Crippen molar-refractivity contribution in [2.75, 3.05) is 19.7 Å². The topological polar surface area (TPSA) is 75.3 Å². The van der Waals surface area contributed by atoms with Crippen LogP contribution in [0.4, 0.5) is 0 Å². The number of nitrogens with one attached hydrogen (secondary N) is 1. The number of benzene rings is 1. The molecule has 1 saturated carbocycles. The Labute approximate surface area is 164 Å². The van der Waals surface area contributed by atoms with Gasteiger partial charge >= 0.3 is 0 Å². The molecule has 1 aliphatic carbocycles. The zero-order valence-corrected chi connectivity index (χ0v) is 15.8. The predicted octanol–water partition coefficient (Wildman–Crippen LogP) is 2.98. The van der Waals surface area contributed by atoms with Gasteiger partial charge in [-0.25, -0.2) is 4.98 Å². The van der Waals surface area contributed by atoms with Crippen LogP contribution in [0, 0.1) is 0 Å². The van der Waals surface area contributed by atoms with Crippen molar-refractivity contribution in [3.8, 4) is 0 Å². The minimum atomic E-state index is -0.355. The highest BCUT2D eigenvalue weighted by molar-refractivity contribution is 5.93. The summed E-state index contributed by atoms with van der Waals surface area (Å²) >= 11 is 0. The van der Waals surface area contributed by atoms with E-state index in [2.05, 4.69) is 9.97 Å². The van der Waals surface area contributed by atoms with Crippen molar-refractivity contribution in [2.45, 2.75) is 37.7 Å². The molecule has 4 rings (SSSR count). The molecule has 0 unspecified atom stereocenters. The fraction of sp³-hybridized carbons (Fsp3) is 0.409. The highest BCUT2D eigenvalue weighted by Gasteiger charge is 2.28. The second kappa shape index (κ2) is 8.52. The van der Waals surface area contributed by atoms with Gasteiger partial charge in [-0.05, 0) is 31.2 Å². The number of hydrogen-bond donors (Lipinski definition) is 1. The number of carbonyl (C=O) groups excluding carboxylic acids is 1. The molecule has 2 heterocycles. The van der Waals surface area contributed by atoms with Crippen molar-refractivity contribution >= 4 is 12.0 Å². The second-order valence-corrected chi connectivity index (χ2v) is 7.44. The van der Waals surface area contributed by atoms with Gasteiger partial charge < -0.3 is 14.6 Å². The Kier molecular flexibility index (Phi) is 5.67. The van der Waals surface area contributed by atoms with Gasteiger partial charge in [-0.1, -0.05) is 42.5 Å². The molecule has 1 aliphatic heterocycles. The van der Waals surface area contributed by atoms with E-state index in [1.165, 1.54) is 6.20 Å². The molecule has 1 N–H and O–H groups in total. The number of aromatic nitrogens is 2. The quantitative estimate of drug-likeness (QED) is 0.802. The SMILES string of the molecule is O=C(c1cnc(C2CC2)[nH]c1=O)N(C/C=C/c1ccccc1)C[C@H]1CCCO1. The molecular formula is C22H25N3O3. The van der Waals surface area contributed by atoms with Gasteiger partial charge in [0, 0.05) is 31.8 Å². The van der Waals surface area contributed by atoms with Crippen molar-refractivity contribution < 1.29 is 9.53 Å². The number of aromatic amines is 1. The van der Waals surface area contributed by atoms with Crippen LogP contribution in [0.25, 0.3) is 6.08 Å². The summed E-state index contributed by atoms with van der Waals surface area (Å²) in [4.78, 5) is 34.3. The van der Waals surface area contributed by atoms with E-state index in [9.17, 15) is 9.59 Å². The lowest BCUT2D eigenvalue weighted by Gasteiger charge is -2.24. The molecule has 6 heteroatoms. The van der Waals surface area contributed by atoms with Crippen LogP contribution < -0.4 is 5.56 Å². The summed E-state index contributed by atoms with van der Waals surface area (Å²) in [5, 5.41) is 0. The van der Waals surface area contributed by atoms with Crippen LogP contribution in [0.3, 0.4) is 0 Å². The number of nitrogens with zero attached hydrogens (tertiary/aromatic N) is 2. The maximum atomic E-state index is 13.1. The Morgan fingerprint density at radius 3 is 2.75 bits per heavy atom. The summed E-state index contributed by atoms with van der Waals surface area (Å²) in [6, 6.07) is 9.93. The van der Waals surface area contributed by atoms with Crippen LogP contribution in [0.2, 0.25) is 0 Å². The molecule has 0 radical (unpaired) electrons. The van der Waals surface area contributed by atoms with Crippen LogP contribution in [0.1, 0.15) is 53.3 Å². The second-order valence-electron chi connectivity index (χ2n) is 7.44. The third kappa shape index (κ3) is 4.57. The molecular weight excluding hydrogens is 354 g/mol.